The Morgan fingerprint density at radius 3 is 2.96 bits per heavy atom. The number of aromatic nitrogens is 2. The summed E-state index contributed by atoms with van der Waals surface area (Å²) >= 11 is 0. The molecule has 1 fully saturated rings. The van der Waals surface area contributed by atoms with Crippen LogP contribution in [-0.4, -0.2) is 47.0 Å². The number of rotatable bonds is 5. The highest BCUT2D eigenvalue weighted by Crippen LogP contribution is 2.22. The molecule has 3 heterocycles. The van der Waals surface area contributed by atoms with Gasteiger partial charge in [0.05, 0.1) is 25.1 Å². The average molecular weight is 346 g/mol. The summed E-state index contributed by atoms with van der Waals surface area (Å²) in [6, 6.07) is 3.67. The molecule has 1 atom stereocenters. The maximum atomic E-state index is 12.4. The van der Waals surface area contributed by atoms with Crippen molar-refractivity contribution >= 4 is 6.03 Å². The highest BCUT2D eigenvalue weighted by atomic mass is 16.5. The van der Waals surface area contributed by atoms with Gasteiger partial charge in [0.1, 0.15) is 11.9 Å². The Bertz CT molecular complexity index is 708. The molecule has 3 rings (SSSR count). The van der Waals surface area contributed by atoms with E-state index in [0.717, 1.165) is 24.3 Å². The van der Waals surface area contributed by atoms with E-state index in [1.807, 2.05) is 30.8 Å². The third-order valence-corrected chi connectivity index (χ3v) is 4.75. The fourth-order valence-electron chi connectivity index (χ4n) is 3.23. The number of nitrogens with zero attached hydrogens (tertiary/aromatic N) is 3. The van der Waals surface area contributed by atoms with E-state index < -0.39 is 0 Å². The van der Waals surface area contributed by atoms with E-state index in [1.165, 1.54) is 11.3 Å². The van der Waals surface area contributed by atoms with Crippen molar-refractivity contribution in [3.8, 4) is 0 Å². The molecule has 1 unspecified atom stereocenters. The number of morpholine rings is 1. The number of amides is 2. The Labute approximate surface area is 147 Å². The molecule has 1 N–H and O–H groups in total. The highest BCUT2D eigenvalue weighted by Gasteiger charge is 2.26. The number of aryl methyl sites for hydroxylation is 2. The SMILES string of the molecule is Cc1nn(C)c(C)c1CCCNC(=O)N1CCOC(c2ccco2)C1. The Balaban J connectivity index is 1.44. The van der Waals surface area contributed by atoms with Gasteiger partial charge in [-0.1, -0.05) is 0 Å². The predicted octanol–water partition coefficient (Wildman–Crippen LogP) is 2.35. The van der Waals surface area contributed by atoms with E-state index in [1.54, 1.807) is 11.2 Å². The number of urea groups is 1. The number of furan rings is 1. The van der Waals surface area contributed by atoms with Gasteiger partial charge in [-0.15, -0.1) is 0 Å². The predicted molar refractivity (Wildman–Crippen MR) is 93.4 cm³/mol. The molecule has 0 radical (unpaired) electrons. The smallest absolute Gasteiger partial charge is 0.317 e. The molecular formula is C18H26N4O3. The Hall–Kier alpha value is -2.28. The molecule has 0 saturated carbocycles. The molecule has 0 bridgehead atoms. The van der Waals surface area contributed by atoms with Crippen molar-refractivity contribution in [2.24, 2.45) is 7.05 Å². The van der Waals surface area contributed by atoms with E-state index in [-0.39, 0.29) is 12.1 Å². The molecule has 0 aromatic carbocycles. The molecule has 1 aliphatic rings. The van der Waals surface area contributed by atoms with Crippen molar-refractivity contribution in [1.82, 2.24) is 20.0 Å². The number of ether oxygens (including phenoxy) is 1. The van der Waals surface area contributed by atoms with Crippen LogP contribution < -0.4 is 5.32 Å². The fourth-order valence-corrected chi connectivity index (χ4v) is 3.23. The van der Waals surface area contributed by atoms with Crippen molar-refractivity contribution in [2.45, 2.75) is 32.8 Å². The van der Waals surface area contributed by atoms with Crippen LogP contribution in [0.25, 0.3) is 0 Å². The second-order valence-electron chi connectivity index (χ2n) is 6.43. The highest BCUT2D eigenvalue weighted by molar-refractivity contribution is 5.74. The second-order valence-corrected chi connectivity index (χ2v) is 6.43. The Morgan fingerprint density at radius 2 is 2.28 bits per heavy atom. The van der Waals surface area contributed by atoms with Crippen molar-refractivity contribution in [2.75, 3.05) is 26.2 Å². The summed E-state index contributed by atoms with van der Waals surface area (Å²) in [5.74, 6) is 0.764. The molecule has 7 heteroatoms. The van der Waals surface area contributed by atoms with Gasteiger partial charge in [-0.3, -0.25) is 4.68 Å². The van der Waals surface area contributed by atoms with Gasteiger partial charge in [-0.25, -0.2) is 4.79 Å². The van der Waals surface area contributed by atoms with Crippen molar-refractivity contribution in [3.63, 3.8) is 0 Å². The quantitative estimate of drug-likeness (QED) is 0.844. The Morgan fingerprint density at radius 1 is 1.44 bits per heavy atom. The molecule has 2 aromatic rings. The normalized spacial score (nSPS) is 17.7. The zero-order chi connectivity index (χ0) is 17.8. The minimum atomic E-state index is -0.185. The summed E-state index contributed by atoms with van der Waals surface area (Å²) < 4.78 is 13.0. The third kappa shape index (κ3) is 4.04. The molecule has 136 valence electrons. The summed E-state index contributed by atoms with van der Waals surface area (Å²) in [5, 5.41) is 7.44. The van der Waals surface area contributed by atoms with E-state index >= 15 is 0 Å². The van der Waals surface area contributed by atoms with Crippen LogP contribution in [0.4, 0.5) is 4.79 Å². The summed E-state index contributed by atoms with van der Waals surface area (Å²) in [5.41, 5.74) is 3.54. The largest absolute Gasteiger partial charge is 0.467 e. The van der Waals surface area contributed by atoms with E-state index in [4.69, 9.17) is 9.15 Å². The lowest BCUT2D eigenvalue weighted by Gasteiger charge is -2.32. The lowest BCUT2D eigenvalue weighted by Crippen LogP contribution is -2.47. The van der Waals surface area contributed by atoms with Crippen LogP contribution in [0.2, 0.25) is 0 Å². The van der Waals surface area contributed by atoms with Gasteiger partial charge in [-0.2, -0.15) is 5.10 Å². The van der Waals surface area contributed by atoms with Crippen LogP contribution in [0, 0.1) is 13.8 Å². The maximum Gasteiger partial charge on any atom is 0.317 e. The Kier molecular flexibility index (Phi) is 5.43. The van der Waals surface area contributed by atoms with Crippen LogP contribution in [0.15, 0.2) is 22.8 Å². The minimum Gasteiger partial charge on any atom is -0.467 e. The standard InChI is InChI=1S/C18H26N4O3/c1-13-15(14(2)21(3)20-13)6-4-8-19-18(23)22-9-11-25-17(12-22)16-7-5-10-24-16/h5,7,10,17H,4,6,8-9,11-12H2,1-3H3,(H,19,23). The van der Waals surface area contributed by atoms with Crippen molar-refractivity contribution < 1.29 is 13.9 Å². The summed E-state index contributed by atoms with van der Waals surface area (Å²) in [4.78, 5) is 14.2. The average Bonchev–Trinajstić information content (AvgIpc) is 3.22. The molecule has 1 aliphatic heterocycles. The van der Waals surface area contributed by atoms with Crippen LogP contribution in [0.1, 0.15) is 35.2 Å². The zero-order valence-corrected chi connectivity index (χ0v) is 15.1. The first-order valence-electron chi connectivity index (χ1n) is 8.73. The number of nitrogens with one attached hydrogen (secondary N) is 1. The fraction of sp³-hybridized carbons (Fsp3) is 0.556. The minimum absolute atomic E-state index is 0.0421. The number of carbonyl (C=O) groups excluding carboxylic acids is 1. The van der Waals surface area contributed by atoms with Gasteiger partial charge in [0.25, 0.3) is 0 Å². The molecular weight excluding hydrogens is 320 g/mol. The topological polar surface area (TPSA) is 72.5 Å². The molecule has 7 nitrogen and oxygen atoms in total. The molecule has 1 saturated heterocycles. The van der Waals surface area contributed by atoms with Gasteiger partial charge >= 0.3 is 6.03 Å². The first-order chi connectivity index (χ1) is 12.1. The van der Waals surface area contributed by atoms with Gasteiger partial charge in [0.2, 0.25) is 0 Å². The number of carbonyl (C=O) groups is 1. The van der Waals surface area contributed by atoms with Gasteiger partial charge in [-0.05, 0) is 44.4 Å². The first-order valence-corrected chi connectivity index (χ1v) is 8.73. The van der Waals surface area contributed by atoms with Crippen molar-refractivity contribution in [3.05, 3.63) is 41.1 Å². The van der Waals surface area contributed by atoms with Gasteiger partial charge < -0.3 is 19.4 Å². The van der Waals surface area contributed by atoms with Crippen LogP contribution in [0.3, 0.4) is 0 Å². The van der Waals surface area contributed by atoms with Crippen molar-refractivity contribution in [1.29, 1.82) is 0 Å². The van der Waals surface area contributed by atoms with Gasteiger partial charge in [0, 0.05) is 25.8 Å². The van der Waals surface area contributed by atoms with Crippen LogP contribution in [-0.2, 0) is 18.2 Å². The number of hydrogen-bond donors (Lipinski definition) is 1. The zero-order valence-electron chi connectivity index (χ0n) is 15.1. The van der Waals surface area contributed by atoms with Crippen LogP contribution >= 0.6 is 0 Å². The molecule has 25 heavy (non-hydrogen) atoms. The molecule has 2 aromatic heterocycles. The van der Waals surface area contributed by atoms with E-state index in [9.17, 15) is 4.79 Å². The van der Waals surface area contributed by atoms with Gasteiger partial charge in [0.15, 0.2) is 0 Å². The maximum absolute atomic E-state index is 12.4. The number of hydrogen-bond acceptors (Lipinski definition) is 4. The molecule has 2 amide bonds. The summed E-state index contributed by atoms with van der Waals surface area (Å²) in [7, 11) is 1.96. The molecule has 0 aliphatic carbocycles. The first kappa shape index (κ1) is 17.5. The van der Waals surface area contributed by atoms with E-state index in [0.29, 0.717) is 26.2 Å². The molecule has 0 spiro atoms. The monoisotopic (exact) mass is 346 g/mol. The lowest BCUT2D eigenvalue weighted by molar-refractivity contribution is -0.0260. The third-order valence-electron chi connectivity index (χ3n) is 4.75. The summed E-state index contributed by atoms with van der Waals surface area (Å²) in [6.07, 6.45) is 3.25. The summed E-state index contributed by atoms with van der Waals surface area (Å²) in [6.45, 7) is 6.39. The van der Waals surface area contributed by atoms with Crippen LogP contribution in [0.5, 0.6) is 0 Å². The lowest BCUT2D eigenvalue weighted by atomic mass is 10.1. The van der Waals surface area contributed by atoms with E-state index in [2.05, 4.69) is 17.3 Å². The second kappa shape index (κ2) is 7.74.